The van der Waals surface area contributed by atoms with Gasteiger partial charge in [-0.25, -0.2) is 8.42 Å². The zero-order chi connectivity index (χ0) is 21.6. The highest BCUT2D eigenvalue weighted by Crippen LogP contribution is 2.50. The van der Waals surface area contributed by atoms with Crippen molar-refractivity contribution in [2.24, 2.45) is 0 Å². The standard InChI is InChI=1S/C21H16N2O6S/c22-10-11-5-7-12(8-6-11)30(28,29)23-16-9-15-17(21(27)20(16)26)19(25)14-4-2-1-3-13(14)18(15)24/h1-9,18-19,23-27H. The molecule has 0 bridgehead atoms. The predicted molar refractivity (Wildman–Crippen MR) is 106 cm³/mol. The van der Waals surface area contributed by atoms with E-state index in [4.69, 9.17) is 5.26 Å². The number of anilines is 1. The second-order valence-corrected chi connectivity index (χ2v) is 8.48. The van der Waals surface area contributed by atoms with Gasteiger partial charge in [0, 0.05) is 5.56 Å². The van der Waals surface area contributed by atoms with E-state index in [-0.39, 0.29) is 27.3 Å². The van der Waals surface area contributed by atoms with Crippen LogP contribution in [-0.2, 0) is 10.0 Å². The van der Waals surface area contributed by atoms with Crippen LogP contribution in [0.1, 0.15) is 40.0 Å². The first-order valence-corrected chi connectivity index (χ1v) is 10.3. The molecule has 2 atom stereocenters. The van der Waals surface area contributed by atoms with Crippen molar-refractivity contribution in [2.75, 3.05) is 4.72 Å². The first-order valence-electron chi connectivity index (χ1n) is 8.81. The van der Waals surface area contributed by atoms with Gasteiger partial charge in [0.05, 0.1) is 22.2 Å². The van der Waals surface area contributed by atoms with Crippen molar-refractivity contribution in [3.8, 4) is 17.6 Å². The molecule has 152 valence electrons. The van der Waals surface area contributed by atoms with E-state index in [9.17, 15) is 28.8 Å². The lowest BCUT2D eigenvalue weighted by molar-refractivity contribution is 0.169. The first-order chi connectivity index (χ1) is 14.2. The van der Waals surface area contributed by atoms with Crippen molar-refractivity contribution in [3.63, 3.8) is 0 Å². The van der Waals surface area contributed by atoms with Gasteiger partial charge in [-0.1, -0.05) is 24.3 Å². The molecule has 1 aliphatic carbocycles. The first kappa shape index (κ1) is 19.7. The smallest absolute Gasteiger partial charge is 0.262 e. The maximum absolute atomic E-state index is 12.7. The van der Waals surface area contributed by atoms with E-state index in [1.54, 1.807) is 24.3 Å². The lowest BCUT2D eigenvalue weighted by Crippen LogP contribution is -2.19. The van der Waals surface area contributed by atoms with Crippen molar-refractivity contribution in [1.82, 2.24) is 0 Å². The molecule has 0 spiro atoms. The minimum absolute atomic E-state index is 0.0639. The molecule has 3 aromatic rings. The van der Waals surface area contributed by atoms with Crippen LogP contribution in [0.3, 0.4) is 0 Å². The molecule has 0 aliphatic heterocycles. The summed E-state index contributed by atoms with van der Waals surface area (Å²) in [6.07, 6.45) is -2.56. The molecule has 0 aromatic heterocycles. The molecule has 0 heterocycles. The van der Waals surface area contributed by atoms with E-state index in [1.165, 1.54) is 30.3 Å². The fourth-order valence-corrected chi connectivity index (χ4v) is 4.59. The Morgan fingerprint density at radius 3 is 2.07 bits per heavy atom. The zero-order valence-corrected chi connectivity index (χ0v) is 16.1. The van der Waals surface area contributed by atoms with E-state index in [0.717, 1.165) is 0 Å². The van der Waals surface area contributed by atoms with Crippen LogP contribution in [0.5, 0.6) is 11.5 Å². The number of phenols is 2. The van der Waals surface area contributed by atoms with E-state index in [1.807, 2.05) is 6.07 Å². The summed E-state index contributed by atoms with van der Waals surface area (Å²) in [6.45, 7) is 0. The SMILES string of the molecule is N#Cc1ccc(S(=O)(=O)Nc2cc3c(c(O)c2O)C(O)c2ccccc2C3O)cc1. The Kier molecular flexibility index (Phi) is 4.63. The van der Waals surface area contributed by atoms with Gasteiger partial charge in [0.1, 0.15) is 12.2 Å². The number of sulfonamides is 1. The lowest BCUT2D eigenvalue weighted by Gasteiger charge is -2.30. The number of hydrogen-bond acceptors (Lipinski definition) is 7. The fraction of sp³-hybridized carbons (Fsp3) is 0.0952. The second-order valence-electron chi connectivity index (χ2n) is 6.80. The van der Waals surface area contributed by atoms with Gasteiger partial charge in [0.15, 0.2) is 11.5 Å². The third-order valence-corrected chi connectivity index (χ3v) is 6.42. The molecule has 1 aliphatic rings. The third-order valence-electron chi connectivity index (χ3n) is 5.04. The highest BCUT2D eigenvalue weighted by atomic mass is 32.2. The van der Waals surface area contributed by atoms with E-state index < -0.39 is 33.7 Å². The Morgan fingerprint density at radius 2 is 1.47 bits per heavy atom. The maximum Gasteiger partial charge on any atom is 0.262 e. The van der Waals surface area contributed by atoms with E-state index in [2.05, 4.69) is 4.72 Å². The summed E-state index contributed by atoms with van der Waals surface area (Å²) in [4.78, 5) is -0.163. The largest absolute Gasteiger partial charge is 0.504 e. The molecule has 8 nitrogen and oxygen atoms in total. The normalized spacial score (nSPS) is 17.5. The van der Waals surface area contributed by atoms with Crippen LogP contribution in [0.4, 0.5) is 5.69 Å². The molecule has 4 rings (SSSR count). The Morgan fingerprint density at radius 1 is 0.867 bits per heavy atom. The molecule has 9 heteroatoms. The molecule has 2 unspecified atom stereocenters. The Bertz CT molecular complexity index is 1300. The van der Waals surface area contributed by atoms with Gasteiger partial charge < -0.3 is 20.4 Å². The van der Waals surface area contributed by atoms with Crippen molar-refractivity contribution in [1.29, 1.82) is 5.26 Å². The highest BCUT2D eigenvalue weighted by molar-refractivity contribution is 7.92. The highest BCUT2D eigenvalue weighted by Gasteiger charge is 2.35. The topological polar surface area (TPSA) is 151 Å². The van der Waals surface area contributed by atoms with Crippen molar-refractivity contribution in [2.45, 2.75) is 17.1 Å². The van der Waals surface area contributed by atoms with Gasteiger partial charge >= 0.3 is 0 Å². The zero-order valence-electron chi connectivity index (χ0n) is 15.3. The summed E-state index contributed by atoms with van der Waals surface area (Å²) in [7, 11) is -4.17. The molecule has 0 saturated carbocycles. The van der Waals surface area contributed by atoms with Gasteiger partial charge in [0.25, 0.3) is 10.0 Å². The number of nitrogens with zero attached hydrogens (tertiary/aromatic N) is 1. The summed E-state index contributed by atoms with van der Waals surface area (Å²) in [6, 6.07) is 14.7. The van der Waals surface area contributed by atoms with Crippen molar-refractivity contribution in [3.05, 3.63) is 82.4 Å². The summed E-state index contributed by atoms with van der Waals surface area (Å²) in [5, 5.41) is 51.1. The van der Waals surface area contributed by atoms with Crippen LogP contribution in [0, 0.1) is 11.3 Å². The summed E-state index contributed by atoms with van der Waals surface area (Å²) in [5.74, 6) is -1.51. The Hall–Kier alpha value is -3.58. The summed E-state index contributed by atoms with van der Waals surface area (Å²) >= 11 is 0. The number of aliphatic hydroxyl groups excluding tert-OH is 2. The van der Waals surface area contributed by atoms with Crippen molar-refractivity contribution >= 4 is 15.7 Å². The fourth-order valence-electron chi connectivity index (χ4n) is 3.53. The Balaban J connectivity index is 1.79. The monoisotopic (exact) mass is 424 g/mol. The molecule has 5 N–H and O–H groups in total. The quantitative estimate of drug-likeness (QED) is 0.405. The molecular formula is C21H16N2O6S. The number of nitrogens with one attached hydrogen (secondary N) is 1. The Labute approximate surface area is 172 Å². The van der Waals surface area contributed by atoms with E-state index in [0.29, 0.717) is 11.1 Å². The van der Waals surface area contributed by atoms with Crippen LogP contribution < -0.4 is 4.72 Å². The number of nitriles is 1. The number of hydrogen-bond donors (Lipinski definition) is 5. The third kappa shape index (κ3) is 3.04. The molecule has 0 fully saturated rings. The van der Waals surface area contributed by atoms with E-state index >= 15 is 0 Å². The molecule has 0 radical (unpaired) electrons. The number of rotatable bonds is 3. The predicted octanol–water partition coefficient (Wildman–Crippen LogP) is 2.25. The van der Waals surface area contributed by atoms with Crippen LogP contribution in [0.2, 0.25) is 0 Å². The molecule has 30 heavy (non-hydrogen) atoms. The van der Waals surface area contributed by atoms with Crippen LogP contribution in [0.25, 0.3) is 0 Å². The summed E-state index contributed by atoms with van der Waals surface area (Å²) < 4.78 is 27.5. The number of aromatic hydroxyl groups is 2. The summed E-state index contributed by atoms with van der Waals surface area (Å²) in [5.41, 5.74) is 0.663. The molecule has 0 amide bonds. The number of benzene rings is 3. The molecule has 0 saturated heterocycles. The number of aliphatic hydroxyl groups is 2. The average Bonchev–Trinajstić information content (AvgIpc) is 2.75. The van der Waals surface area contributed by atoms with Gasteiger partial charge in [-0.05, 0) is 47.0 Å². The van der Waals surface area contributed by atoms with Gasteiger partial charge in [-0.3, -0.25) is 4.72 Å². The van der Waals surface area contributed by atoms with Gasteiger partial charge in [0.2, 0.25) is 0 Å². The van der Waals surface area contributed by atoms with Crippen molar-refractivity contribution < 1.29 is 28.8 Å². The second kappa shape index (κ2) is 7.03. The van der Waals surface area contributed by atoms with Crippen LogP contribution >= 0.6 is 0 Å². The average molecular weight is 424 g/mol. The number of phenolic OH excluding ortho intramolecular Hbond substituents is 2. The van der Waals surface area contributed by atoms with Gasteiger partial charge in [-0.2, -0.15) is 5.26 Å². The molecule has 3 aromatic carbocycles. The van der Waals surface area contributed by atoms with Gasteiger partial charge in [-0.15, -0.1) is 0 Å². The minimum atomic E-state index is -4.17. The minimum Gasteiger partial charge on any atom is -0.504 e. The lowest BCUT2D eigenvalue weighted by atomic mass is 9.81. The number of fused-ring (bicyclic) bond motifs is 2. The molecular weight excluding hydrogens is 408 g/mol. The maximum atomic E-state index is 12.7. The van der Waals surface area contributed by atoms with Crippen LogP contribution in [-0.4, -0.2) is 28.8 Å². The van der Waals surface area contributed by atoms with Crippen LogP contribution in [0.15, 0.2) is 59.5 Å².